The molecule has 1 fully saturated rings. The van der Waals surface area contributed by atoms with Crippen LogP contribution in [0.15, 0.2) is 48.8 Å². The van der Waals surface area contributed by atoms with Gasteiger partial charge in [-0.15, -0.1) is 0 Å². The van der Waals surface area contributed by atoms with Crippen LogP contribution in [0, 0.1) is 0 Å². The van der Waals surface area contributed by atoms with Crippen molar-refractivity contribution in [3.8, 4) is 0 Å². The highest BCUT2D eigenvalue weighted by molar-refractivity contribution is 5.97. The summed E-state index contributed by atoms with van der Waals surface area (Å²) in [7, 11) is 0. The number of hydrogen-bond donors (Lipinski definition) is 1. The summed E-state index contributed by atoms with van der Waals surface area (Å²) in [5.74, 6) is 0.101. The van der Waals surface area contributed by atoms with Crippen LogP contribution in [0.5, 0.6) is 0 Å². The zero-order chi connectivity index (χ0) is 16.1. The van der Waals surface area contributed by atoms with Gasteiger partial charge < -0.3 is 10.2 Å². The fraction of sp³-hybridized carbons (Fsp3) is 0.278. The molecule has 0 saturated carbocycles. The number of amides is 2. The predicted octanol–water partition coefficient (Wildman–Crippen LogP) is 2.78. The van der Waals surface area contributed by atoms with Gasteiger partial charge in [-0.2, -0.15) is 0 Å². The van der Waals surface area contributed by atoms with Crippen molar-refractivity contribution in [2.45, 2.75) is 25.7 Å². The summed E-state index contributed by atoms with van der Waals surface area (Å²) >= 11 is 0. The molecular weight excluding hydrogens is 290 g/mol. The number of nitrogens with zero attached hydrogens (tertiary/aromatic N) is 2. The number of carbonyl (C=O) groups excluding carboxylic acids is 2. The molecule has 0 atom stereocenters. The SMILES string of the molecule is O=C(CCc1cccnc1)Nc1cccc(N2CCCC2=O)c1. The Labute approximate surface area is 135 Å². The minimum Gasteiger partial charge on any atom is -0.326 e. The lowest BCUT2D eigenvalue weighted by Crippen LogP contribution is -2.23. The summed E-state index contributed by atoms with van der Waals surface area (Å²) in [4.78, 5) is 29.7. The predicted molar refractivity (Wildman–Crippen MR) is 89.2 cm³/mol. The van der Waals surface area contributed by atoms with Gasteiger partial charge in [0.15, 0.2) is 0 Å². The number of rotatable bonds is 5. The number of nitrogens with one attached hydrogen (secondary N) is 1. The molecule has 0 bridgehead atoms. The molecule has 1 aliphatic heterocycles. The fourth-order valence-corrected chi connectivity index (χ4v) is 2.70. The smallest absolute Gasteiger partial charge is 0.227 e. The maximum atomic E-state index is 12.1. The van der Waals surface area contributed by atoms with E-state index in [4.69, 9.17) is 0 Å². The first kappa shape index (κ1) is 15.2. The highest BCUT2D eigenvalue weighted by atomic mass is 16.2. The second-order valence-electron chi connectivity index (χ2n) is 5.61. The van der Waals surface area contributed by atoms with E-state index in [9.17, 15) is 9.59 Å². The third-order valence-electron chi connectivity index (χ3n) is 3.88. The first-order chi connectivity index (χ1) is 11.2. The summed E-state index contributed by atoms with van der Waals surface area (Å²) in [5.41, 5.74) is 2.61. The van der Waals surface area contributed by atoms with Crippen LogP contribution in [0.4, 0.5) is 11.4 Å². The molecular formula is C18H19N3O2. The second kappa shape index (κ2) is 7.05. The van der Waals surface area contributed by atoms with E-state index >= 15 is 0 Å². The van der Waals surface area contributed by atoms with Crippen LogP contribution in [0.1, 0.15) is 24.8 Å². The van der Waals surface area contributed by atoms with Crippen molar-refractivity contribution in [1.29, 1.82) is 0 Å². The monoisotopic (exact) mass is 309 g/mol. The number of pyridine rings is 1. The molecule has 0 radical (unpaired) electrons. The minimum absolute atomic E-state index is 0.0428. The van der Waals surface area contributed by atoms with Gasteiger partial charge in [0.2, 0.25) is 11.8 Å². The Kier molecular flexibility index (Phi) is 4.66. The Morgan fingerprint density at radius 2 is 2.17 bits per heavy atom. The molecule has 23 heavy (non-hydrogen) atoms. The molecule has 1 aromatic heterocycles. The highest BCUT2D eigenvalue weighted by Gasteiger charge is 2.21. The lowest BCUT2D eigenvalue weighted by atomic mass is 10.1. The average Bonchev–Trinajstić information content (AvgIpc) is 3.00. The van der Waals surface area contributed by atoms with Crippen molar-refractivity contribution in [3.05, 3.63) is 54.4 Å². The van der Waals surface area contributed by atoms with Crippen molar-refractivity contribution in [2.75, 3.05) is 16.8 Å². The zero-order valence-electron chi connectivity index (χ0n) is 12.9. The van der Waals surface area contributed by atoms with Gasteiger partial charge in [0.25, 0.3) is 0 Å². The highest BCUT2D eigenvalue weighted by Crippen LogP contribution is 2.24. The number of carbonyl (C=O) groups is 2. The molecule has 0 aliphatic carbocycles. The van der Waals surface area contributed by atoms with Crippen LogP contribution in [0.3, 0.4) is 0 Å². The van der Waals surface area contributed by atoms with Crippen LogP contribution in [0.2, 0.25) is 0 Å². The molecule has 5 heteroatoms. The topological polar surface area (TPSA) is 62.3 Å². The molecule has 118 valence electrons. The molecule has 1 N–H and O–H groups in total. The van der Waals surface area contributed by atoms with E-state index in [1.54, 1.807) is 17.3 Å². The van der Waals surface area contributed by atoms with Gasteiger partial charge in [-0.05, 0) is 42.7 Å². The first-order valence-corrected chi connectivity index (χ1v) is 7.81. The summed E-state index contributed by atoms with van der Waals surface area (Å²) < 4.78 is 0. The van der Waals surface area contributed by atoms with Gasteiger partial charge in [0.05, 0.1) is 0 Å². The van der Waals surface area contributed by atoms with Crippen LogP contribution in [-0.2, 0) is 16.0 Å². The Hall–Kier alpha value is -2.69. The first-order valence-electron chi connectivity index (χ1n) is 7.81. The van der Waals surface area contributed by atoms with Crippen molar-refractivity contribution in [2.24, 2.45) is 0 Å². The number of hydrogen-bond acceptors (Lipinski definition) is 3. The maximum Gasteiger partial charge on any atom is 0.227 e. The summed E-state index contributed by atoms with van der Waals surface area (Å²) in [6, 6.07) is 11.3. The molecule has 2 aromatic rings. The third kappa shape index (κ3) is 3.94. The van der Waals surface area contributed by atoms with Crippen molar-refractivity contribution in [3.63, 3.8) is 0 Å². The summed E-state index contributed by atoms with van der Waals surface area (Å²) in [6.45, 7) is 0.747. The van der Waals surface area contributed by atoms with Crippen LogP contribution in [0.25, 0.3) is 0 Å². The molecule has 2 heterocycles. The van der Waals surface area contributed by atoms with Crippen molar-refractivity contribution in [1.82, 2.24) is 4.98 Å². The molecule has 0 spiro atoms. The largest absolute Gasteiger partial charge is 0.326 e. The zero-order valence-corrected chi connectivity index (χ0v) is 12.9. The third-order valence-corrected chi connectivity index (χ3v) is 3.88. The van der Waals surface area contributed by atoms with Gasteiger partial charge in [-0.3, -0.25) is 14.6 Å². The summed E-state index contributed by atoms with van der Waals surface area (Å²) in [6.07, 6.45) is 6.03. The molecule has 3 rings (SSSR count). The number of aromatic nitrogens is 1. The Morgan fingerprint density at radius 3 is 2.91 bits per heavy atom. The van der Waals surface area contributed by atoms with E-state index < -0.39 is 0 Å². The Bertz CT molecular complexity index is 700. The molecule has 1 saturated heterocycles. The van der Waals surface area contributed by atoms with Gasteiger partial charge in [0, 0.05) is 43.2 Å². The lowest BCUT2D eigenvalue weighted by Gasteiger charge is -2.16. The molecule has 1 aromatic carbocycles. The Balaban J connectivity index is 1.59. The molecule has 0 unspecified atom stereocenters. The minimum atomic E-state index is -0.0428. The number of anilines is 2. The van der Waals surface area contributed by atoms with E-state index in [1.807, 2.05) is 36.4 Å². The van der Waals surface area contributed by atoms with Crippen LogP contribution >= 0.6 is 0 Å². The summed E-state index contributed by atoms with van der Waals surface area (Å²) in [5, 5.41) is 2.89. The maximum absolute atomic E-state index is 12.1. The molecule has 1 aliphatic rings. The van der Waals surface area contributed by atoms with E-state index in [1.165, 1.54) is 0 Å². The van der Waals surface area contributed by atoms with Crippen molar-refractivity contribution >= 4 is 23.2 Å². The molecule has 2 amide bonds. The number of aryl methyl sites for hydroxylation is 1. The van der Waals surface area contributed by atoms with Crippen LogP contribution in [-0.4, -0.2) is 23.3 Å². The standard InChI is InChI=1S/C18H19N3O2/c22-17(9-8-14-4-2-10-19-13-14)20-15-5-1-6-16(12-15)21-11-3-7-18(21)23/h1-2,4-6,10,12-13H,3,7-9,11H2,(H,20,22). The van der Waals surface area contributed by atoms with Crippen LogP contribution < -0.4 is 10.2 Å². The van der Waals surface area contributed by atoms with E-state index in [2.05, 4.69) is 10.3 Å². The normalized spacial score (nSPS) is 14.1. The van der Waals surface area contributed by atoms with Gasteiger partial charge in [-0.1, -0.05) is 12.1 Å². The van der Waals surface area contributed by atoms with Gasteiger partial charge in [0.1, 0.15) is 0 Å². The molecule has 5 nitrogen and oxygen atoms in total. The van der Waals surface area contributed by atoms with E-state index in [0.717, 1.165) is 29.9 Å². The van der Waals surface area contributed by atoms with E-state index in [0.29, 0.717) is 19.3 Å². The van der Waals surface area contributed by atoms with Gasteiger partial charge in [-0.25, -0.2) is 0 Å². The quantitative estimate of drug-likeness (QED) is 0.924. The number of benzene rings is 1. The van der Waals surface area contributed by atoms with E-state index in [-0.39, 0.29) is 11.8 Å². The van der Waals surface area contributed by atoms with Crippen molar-refractivity contribution < 1.29 is 9.59 Å². The Morgan fingerprint density at radius 1 is 1.26 bits per heavy atom. The lowest BCUT2D eigenvalue weighted by molar-refractivity contribution is -0.117. The fourth-order valence-electron chi connectivity index (χ4n) is 2.70. The average molecular weight is 309 g/mol. The second-order valence-corrected chi connectivity index (χ2v) is 5.61. The van der Waals surface area contributed by atoms with Gasteiger partial charge >= 0.3 is 0 Å².